The van der Waals surface area contributed by atoms with Gasteiger partial charge >= 0.3 is 0 Å². The average molecular weight is 257 g/mol. The van der Waals surface area contributed by atoms with Crippen molar-refractivity contribution in [2.24, 2.45) is 0 Å². The Hall–Kier alpha value is -2.14. The quantitative estimate of drug-likeness (QED) is 0.888. The van der Waals surface area contributed by atoms with Crippen LogP contribution in [0.25, 0.3) is 11.4 Å². The van der Waals surface area contributed by atoms with Crippen LogP contribution >= 0.6 is 0 Å². The van der Waals surface area contributed by atoms with E-state index in [1.165, 1.54) is 0 Å². The standard InChI is InChI=1S/C14H15N3O2/c1-18-10-4-2-9(3-5-10)14-16-12-6-7-19-8-11(12)13(15)17-14/h2-5H,6-8H2,1H3,(H2,15,16,17). The fraction of sp³-hybridized carbons (Fsp3) is 0.286. The molecule has 3 rings (SSSR count). The highest BCUT2D eigenvalue weighted by atomic mass is 16.5. The number of hydrogen-bond acceptors (Lipinski definition) is 5. The van der Waals surface area contributed by atoms with E-state index in [-0.39, 0.29) is 0 Å². The van der Waals surface area contributed by atoms with Crippen molar-refractivity contribution in [1.82, 2.24) is 9.97 Å². The van der Waals surface area contributed by atoms with Gasteiger partial charge in [-0.3, -0.25) is 0 Å². The summed E-state index contributed by atoms with van der Waals surface area (Å²) in [4.78, 5) is 8.95. The molecule has 0 saturated heterocycles. The summed E-state index contributed by atoms with van der Waals surface area (Å²) in [7, 11) is 1.64. The number of fused-ring (bicyclic) bond motifs is 1. The van der Waals surface area contributed by atoms with Gasteiger partial charge in [0, 0.05) is 17.5 Å². The summed E-state index contributed by atoms with van der Waals surface area (Å²) in [5.41, 5.74) is 8.82. The van der Waals surface area contributed by atoms with Gasteiger partial charge < -0.3 is 15.2 Å². The zero-order valence-electron chi connectivity index (χ0n) is 10.7. The highest BCUT2D eigenvalue weighted by Gasteiger charge is 2.17. The maximum absolute atomic E-state index is 5.98. The second-order valence-electron chi connectivity index (χ2n) is 4.39. The molecule has 2 aromatic rings. The molecule has 1 aliphatic rings. The molecule has 2 N–H and O–H groups in total. The first-order valence-corrected chi connectivity index (χ1v) is 6.15. The van der Waals surface area contributed by atoms with E-state index in [2.05, 4.69) is 9.97 Å². The lowest BCUT2D eigenvalue weighted by Crippen LogP contribution is -2.16. The Balaban J connectivity index is 2.02. The Morgan fingerprint density at radius 3 is 2.74 bits per heavy atom. The van der Waals surface area contributed by atoms with Crippen molar-refractivity contribution >= 4 is 5.82 Å². The van der Waals surface area contributed by atoms with E-state index in [4.69, 9.17) is 15.2 Å². The van der Waals surface area contributed by atoms with Crippen LogP contribution in [-0.4, -0.2) is 23.7 Å². The number of nitrogens with zero attached hydrogens (tertiary/aromatic N) is 2. The molecule has 0 spiro atoms. The fourth-order valence-electron chi connectivity index (χ4n) is 2.13. The van der Waals surface area contributed by atoms with E-state index in [1.807, 2.05) is 24.3 Å². The van der Waals surface area contributed by atoms with E-state index in [1.54, 1.807) is 7.11 Å². The minimum atomic E-state index is 0.504. The summed E-state index contributed by atoms with van der Waals surface area (Å²) in [6, 6.07) is 7.63. The van der Waals surface area contributed by atoms with Gasteiger partial charge in [-0.25, -0.2) is 9.97 Å². The van der Waals surface area contributed by atoms with E-state index >= 15 is 0 Å². The normalized spacial score (nSPS) is 13.9. The molecule has 0 radical (unpaired) electrons. The van der Waals surface area contributed by atoms with E-state index in [9.17, 15) is 0 Å². The maximum Gasteiger partial charge on any atom is 0.161 e. The first-order valence-electron chi connectivity index (χ1n) is 6.15. The monoisotopic (exact) mass is 257 g/mol. The van der Waals surface area contributed by atoms with E-state index in [0.717, 1.165) is 29.0 Å². The lowest BCUT2D eigenvalue weighted by Gasteiger charge is -2.17. The topological polar surface area (TPSA) is 70.3 Å². The second-order valence-corrected chi connectivity index (χ2v) is 4.39. The number of nitrogen functional groups attached to an aromatic ring is 1. The van der Waals surface area contributed by atoms with Crippen molar-refractivity contribution in [2.45, 2.75) is 13.0 Å². The van der Waals surface area contributed by atoms with Gasteiger partial charge in [0.2, 0.25) is 0 Å². The summed E-state index contributed by atoms with van der Waals surface area (Å²) in [6.07, 6.45) is 0.783. The molecule has 0 bridgehead atoms. The minimum Gasteiger partial charge on any atom is -0.497 e. The van der Waals surface area contributed by atoms with Gasteiger partial charge in [0.05, 0.1) is 26.0 Å². The van der Waals surface area contributed by atoms with Gasteiger partial charge in [0.15, 0.2) is 5.82 Å². The summed E-state index contributed by atoms with van der Waals surface area (Å²) < 4.78 is 10.5. The predicted octanol–water partition coefficient (Wildman–Crippen LogP) is 1.81. The van der Waals surface area contributed by atoms with Crippen molar-refractivity contribution in [3.63, 3.8) is 0 Å². The Morgan fingerprint density at radius 2 is 2.00 bits per heavy atom. The van der Waals surface area contributed by atoms with Crippen LogP contribution in [0.2, 0.25) is 0 Å². The second kappa shape index (κ2) is 4.85. The highest BCUT2D eigenvalue weighted by Crippen LogP contribution is 2.25. The summed E-state index contributed by atoms with van der Waals surface area (Å²) in [6.45, 7) is 1.19. The van der Waals surface area contributed by atoms with Crippen molar-refractivity contribution < 1.29 is 9.47 Å². The van der Waals surface area contributed by atoms with Gasteiger partial charge in [-0.1, -0.05) is 0 Å². The van der Waals surface area contributed by atoms with Crippen LogP contribution in [0, 0.1) is 0 Å². The number of methoxy groups -OCH3 is 1. The molecule has 98 valence electrons. The molecular weight excluding hydrogens is 242 g/mol. The Kier molecular flexibility index (Phi) is 3.05. The van der Waals surface area contributed by atoms with Crippen LogP contribution in [0.3, 0.4) is 0 Å². The third-order valence-corrected chi connectivity index (χ3v) is 3.20. The molecule has 0 saturated carbocycles. The van der Waals surface area contributed by atoms with Crippen LogP contribution in [-0.2, 0) is 17.8 Å². The number of ether oxygens (including phenoxy) is 2. The molecule has 19 heavy (non-hydrogen) atoms. The third-order valence-electron chi connectivity index (χ3n) is 3.20. The summed E-state index contributed by atoms with van der Waals surface area (Å²) in [5, 5.41) is 0. The van der Waals surface area contributed by atoms with Crippen LogP contribution in [0.15, 0.2) is 24.3 Å². The minimum absolute atomic E-state index is 0.504. The molecular formula is C14H15N3O2. The summed E-state index contributed by atoms with van der Waals surface area (Å²) >= 11 is 0. The Bertz CT molecular complexity index is 596. The van der Waals surface area contributed by atoms with Crippen LogP contribution in [0.4, 0.5) is 5.82 Å². The highest BCUT2D eigenvalue weighted by molar-refractivity contribution is 5.60. The van der Waals surface area contributed by atoms with E-state index in [0.29, 0.717) is 24.9 Å². The number of nitrogens with two attached hydrogens (primary N) is 1. The van der Waals surface area contributed by atoms with Gasteiger partial charge in [-0.05, 0) is 24.3 Å². The lowest BCUT2D eigenvalue weighted by molar-refractivity contribution is 0.109. The molecule has 0 amide bonds. The maximum atomic E-state index is 5.98. The number of hydrogen-bond donors (Lipinski definition) is 1. The molecule has 1 aromatic heterocycles. The third kappa shape index (κ3) is 2.24. The lowest BCUT2D eigenvalue weighted by atomic mass is 10.1. The fourth-order valence-corrected chi connectivity index (χ4v) is 2.13. The van der Waals surface area contributed by atoms with Crippen molar-refractivity contribution in [3.8, 4) is 17.1 Å². The Morgan fingerprint density at radius 1 is 1.21 bits per heavy atom. The molecule has 1 aliphatic heterocycles. The van der Waals surface area contributed by atoms with Crippen molar-refractivity contribution in [3.05, 3.63) is 35.5 Å². The molecule has 1 aromatic carbocycles. The smallest absolute Gasteiger partial charge is 0.161 e. The molecule has 0 unspecified atom stereocenters. The zero-order chi connectivity index (χ0) is 13.2. The number of rotatable bonds is 2. The SMILES string of the molecule is COc1ccc(-c2nc(N)c3c(n2)CCOC3)cc1. The van der Waals surface area contributed by atoms with Crippen molar-refractivity contribution in [1.29, 1.82) is 0 Å². The zero-order valence-corrected chi connectivity index (χ0v) is 10.7. The number of aromatic nitrogens is 2. The molecule has 2 heterocycles. The molecule has 5 heteroatoms. The first kappa shape index (κ1) is 11.9. The van der Waals surface area contributed by atoms with E-state index < -0.39 is 0 Å². The molecule has 0 fully saturated rings. The first-order chi connectivity index (χ1) is 9.28. The molecule has 0 atom stereocenters. The average Bonchev–Trinajstić information content (AvgIpc) is 2.47. The predicted molar refractivity (Wildman–Crippen MR) is 71.8 cm³/mol. The van der Waals surface area contributed by atoms with Gasteiger partial charge in [0.1, 0.15) is 11.6 Å². The van der Waals surface area contributed by atoms with Gasteiger partial charge in [0.25, 0.3) is 0 Å². The van der Waals surface area contributed by atoms with Crippen LogP contribution in [0.1, 0.15) is 11.3 Å². The van der Waals surface area contributed by atoms with Gasteiger partial charge in [-0.2, -0.15) is 0 Å². The van der Waals surface area contributed by atoms with Gasteiger partial charge in [-0.15, -0.1) is 0 Å². The summed E-state index contributed by atoms with van der Waals surface area (Å²) in [5.74, 6) is 1.97. The van der Waals surface area contributed by atoms with Crippen LogP contribution < -0.4 is 10.5 Å². The van der Waals surface area contributed by atoms with Crippen molar-refractivity contribution in [2.75, 3.05) is 19.5 Å². The number of anilines is 1. The Labute approximate surface area is 111 Å². The largest absolute Gasteiger partial charge is 0.497 e. The molecule has 0 aliphatic carbocycles. The van der Waals surface area contributed by atoms with Crippen LogP contribution in [0.5, 0.6) is 5.75 Å². The number of benzene rings is 1. The molecule has 5 nitrogen and oxygen atoms in total.